The number of benzene rings is 1. The maximum atomic E-state index is 15.0. The first-order valence-electron chi connectivity index (χ1n) is 10.8. The summed E-state index contributed by atoms with van der Waals surface area (Å²) in [6, 6.07) is 8.53. The van der Waals surface area contributed by atoms with Crippen LogP contribution in [-0.2, 0) is 10.0 Å². The predicted molar refractivity (Wildman–Crippen MR) is 126 cm³/mol. The van der Waals surface area contributed by atoms with Gasteiger partial charge in [-0.2, -0.15) is 5.26 Å². The van der Waals surface area contributed by atoms with Crippen LogP contribution in [0.5, 0.6) is 0 Å². The average Bonchev–Trinajstić information content (AvgIpc) is 3.30. The van der Waals surface area contributed by atoms with E-state index in [1.54, 1.807) is 23.1 Å². The molecule has 178 valence electrons. The number of pyridine rings is 2. The second-order valence-corrected chi connectivity index (χ2v) is 10.1. The normalized spacial score (nSPS) is 14.9. The molecule has 0 bridgehead atoms. The van der Waals surface area contributed by atoms with Crippen molar-refractivity contribution in [3.63, 3.8) is 0 Å². The molecule has 5 rings (SSSR count). The van der Waals surface area contributed by atoms with Crippen LogP contribution in [0.3, 0.4) is 0 Å². The van der Waals surface area contributed by atoms with Crippen molar-refractivity contribution in [3.8, 4) is 17.3 Å². The van der Waals surface area contributed by atoms with Crippen molar-refractivity contribution in [1.29, 1.82) is 5.26 Å². The second-order valence-electron chi connectivity index (χ2n) is 8.31. The fraction of sp³-hybridized carbons (Fsp3) is 0.208. The van der Waals surface area contributed by atoms with Crippen LogP contribution in [0, 0.1) is 23.0 Å². The lowest BCUT2D eigenvalue weighted by molar-refractivity contribution is 0.310. The van der Waals surface area contributed by atoms with E-state index in [9.17, 15) is 8.42 Å². The SMILES string of the molecule is CN1CCN(c2c(F)cc(S(=O)(=O)n3ccc4c(-c5ccc(C#N)cn5)cncc43)cc2F)CC1. The molecule has 0 saturated carbocycles. The number of aromatic nitrogens is 3. The van der Waals surface area contributed by atoms with E-state index < -0.39 is 26.6 Å². The van der Waals surface area contributed by atoms with Crippen LogP contribution in [0.4, 0.5) is 14.5 Å². The molecule has 8 nitrogen and oxygen atoms in total. The third-order valence-electron chi connectivity index (χ3n) is 6.12. The number of piperazine rings is 1. The van der Waals surface area contributed by atoms with Gasteiger partial charge in [0.1, 0.15) is 11.8 Å². The minimum absolute atomic E-state index is 0.217. The molecule has 35 heavy (non-hydrogen) atoms. The molecule has 0 spiro atoms. The Morgan fingerprint density at radius 1 is 1.00 bits per heavy atom. The highest BCUT2D eigenvalue weighted by atomic mass is 32.2. The number of nitriles is 1. The van der Waals surface area contributed by atoms with Crippen LogP contribution in [0.25, 0.3) is 22.2 Å². The summed E-state index contributed by atoms with van der Waals surface area (Å²) in [7, 11) is -2.40. The van der Waals surface area contributed by atoms with Gasteiger partial charge in [-0.3, -0.25) is 9.97 Å². The Morgan fingerprint density at radius 2 is 1.71 bits per heavy atom. The molecule has 1 saturated heterocycles. The summed E-state index contributed by atoms with van der Waals surface area (Å²) >= 11 is 0. The lowest BCUT2D eigenvalue weighted by Gasteiger charge is -2.34. The Kier molecular flexibility index (Phi) is 5.70. The molecular weight excluding hydrogens is 474 g/mol. The molecule has 11 heteroatoms. The lowest BCUT2D eigenvalue weighted by Crippen LogP contribution is -2.45. The summed E-state index contributed by atoms with van der Waals surface area (Å²) in [6.07, 6.45) is 5.64. The predicted octanol–water partition coefficient (Wildman–Crippen LogP) is 3.24. The van der Waals surface area contributed by atoms with Gasteiger partial charge in [0, 0.05) is 55.7 Å². The highest BCUT2D eigenvalue weighted by Crippen LogP contribution is 2.32. The molecule has 4 heterocycles. The highest BCUT2D eigenvalue weighted by Gasteiger charge is 2.27. The zero-order valence-electron chi connectivity index (χ0n) is 18.7. The first-order chi connectivity index (χ1) is 16.8. The van der Waals surface area contributed by atoms with E-state index in [0.717, 1.165) is 16.1 Å². The molecule has 0 aliphatic carbocycles. The third kappa shape index (κ3) is 4.00. The van der Waals surface area contributed by atoms with Gasteiger partial charge in [0.15, 0.2) is 11.6 Å². The molecule has 0 amide bonds. The van der Waals surface area contributed by atoms with Crippen LogP contribution in [0.15, 0.2) is 60.0 Å². The second kappa shape index (κ2) is 8.72. The Labute approximate surface area is 200 Å². The lowest BCUT2D eigenvalue weighted by atomic mass is 10.1. The summed E-state index contributed by atoms with van der Waals surface area (Å²) in [4.78, 5) is 11.5. The van der Waals surface area contributed by atoms with E-state index in [1.165, 1.54) is 24.8 Å². The van der Waals surface area contributed by atoms with Crippen molar-refractivity contribution >= 4 is 26.6 Å². The van der Waals surface area contributed by atoms with Gasteiger partial charge in [-0.05, 0) is 37.4 Å². The minimum Gasteiger partial charge on any atom is -0.364 e. The molecule has 0 N–H and O–H groups in total. The maximum Gasteiger partial charge on any atom is 0.268 e. The summed E-state index contributed by atoms with van der Waals surface area (Å²) in [5.74, 6) is -1.85. The summed E-state index contributed by atoms with van der Waals surface area (Å²) in [5.41, 5.74) is 1.47. The standard InChI is InChI=1S/C24H20F2N6O2S/c1-30-6-8-31(9-7-30)24-20(25)10-17(11-21(24)26)35(33,34)32-5-4-18-19(14-28-15-23(18)32)22-3-2-16(12-27)13-29-22/h2-5,10-11,13-15H,6-9H2,1H3. The van der Waals surface area contributed by atoms with Gasteiger partial charge in [-0.1, -0.05) is 0 Å². The molecule has 1 aliphatic heterocycles. The van der Waals surface area contributed by atoms with Crippen molar-refractivity contribution in [2.24, 2.45) is 0 Å². The van der Waals surface area contributed by atoms with E-state index in [4.69, 9.17) is 5.26 Å². The van der Waals surface area contributed by atoms with Crippen LogP contribution in [0.1, 0.15) is 5.56 Å². The number of fused-ring (bicyclic) bond motifs is 1. The summed E-state index contributed by atoms with van der Waals surface area (Å²) < 4.78 is 57.8. The summed E-state index contributed by atoms with van der Waals surface area (Å²) in [5, 5.41) is 9.52. The largest absolute Gasteiger partial charge is 0.364 e. The molecule has 1 aliphatic rings. The zero-order valence-corrected chi connectivity index (χ0v) is 19.5. The maximum absolute atomic E-state index is 15.0. The van der Waals surface area contributed by atoms with E-state index in [2.05, 4.69) is 14.9 Å². The Balaban J connectivity index is 1.55. The fourth-order valence-corrected chi connectivity index (χ4v) is 5.56. The Bertz CT molecular complexity index is 1550. The van der Waals surface area contributed by atoms with Gasteiger partial charge >= 0.3 is 0 Å². The minimum atomic E-state index is -4.33. The van der Waals surface area contributed by atoms with Crippen molar-refractivity contribution in [1.82, 2.24) is 18.8 Å². The number of likely N-dealkylation sites (N-methyl/N-ethyl adjacent to an activating group) is 1. The van der Waals surface area contributed by atoms with Gasteiger partial charge < -0.3 is 9.80 Å². The molecule has 0 radical (unpaired) electrons. The quantitative estimate of drug-likeness (QED) is 0.430. The zero-order chi connectivity index (χ0) is 24.7. The molecular formula is C24H20F2N6O2S. The van der Waals surface area contributed by atoms with E-state index in [0.29, 0.717) is 48.4 Å². The van der Waals surface area contributed by atoms with Crippen molar-refractivity contribution < 1.29 is 17.2 Å². The number of hydrogen-bond donors (Lipinski definition) is 0. The molecule has 0 unspecified atom stereocenters. The number of nitrogens with zero attached hydrogens (tertiary/aromatic N) is 6. The number of hydrogen-bond acceptors (Lipinski definition) is 7. The summed E-state index contributed by atoms with van der Waals surface area (Å²) in [6.45, 7) is 2.18. The van der Waals surface area contributed by atoms with E-state index in [1.807, 2.05) is 13.1 Å². The fourth-order valence-electron chi connectivity index (χ4n) is 4.20. The number of anilines is 1. The van der Waals surface area contributed by atoms with Crippen LogP contribution in [0.2, 0.25) is 0 Å². The molecule has 1 aromatic carbocycles. The van der Waals surface area contributed by atoms with Gasteiger partial charge in [-0.25, -0.2) is 21.2 Å². The van der Waals surface area contributed by atoms with E-state index >= 15 is 8.78 Å². The van der Waals surface area contributed by atoms with Crippen molar-refractivity contribution in [3.05, 3.63) is 72.3 Å². The first-order valence-corrected chi connectivity index (χ1v) is 12.2. The Morgan fingerprint density at radius 3 is 2.34 bits per heavy atom. The van der Waals surface area contributed by atoms with Gasteiger partial charge in [0.05, 0.1) is 27.9 Å². The molecule has 0 atom stereocenters. The first kappa shape index (κ1) is 22.9. The van der Waals surface area contributed by atoms with Crippen molar-refractivity contribution in [2.45, 2.75) is 4.90 Å². The van der Waals surface area contributed by atoms with Gasteiger partial charge in [0.2, 0.25) is 0 Å². The highest BCUT2D eigenvalue weighted by molar-refractivity contribution is 7.90. The van der Waals surface area contributed by atoms with Crippen LogP contribution >= 0.6 is 0 Å². The third-order valence-corrected chi connectivity index (χ3v) is 7.78. The number of halogens is 2. The molecule has 1 fully saturated rings. The average molecular weight is 495 g/mol. The smallest absolute Gasteiger partial charge is 0.268 e. The Hall–Kier alpha value is -3.88. The van der Waals surface area contributed by atoms with E-state index in [-0.39, 0.29) is 11.2 Å². The van der Waals surface area contributed by atoms with Crippen molar-refractivity contribution in [2.75, 3.05) is 38.1 Å². The van der Waals surface area contributed by atoms with Crippen LogP contribution < -0.4 is 4.90 Å². The van der Waals surface area contributed by atoms with Gasteiger partial charge in [-0.15, -0.1) is 0 Å². The molecule has 4 aromatic rings. The topological polar surface area (TPSA) is 95.1 Å². The molecule has 3 aromatic heterocycles. The van der Waals surface area contributed by atoms with Crippen LogP contribution in [-0.4, -0.2) is 60.5 Å². The number of rotatable bonds is 4. The van der Waals surface area contributed by atoms with Gasteiger partial charge in [0.25, 0.3) is 10.0 Å². The monoisotopic (exact) mass is 494 g/mol.